The Morgan fingerprint density at radius 2 is 1.70 bits per heavy atom. The molecule has 2 aromatic rings. The number of hydrogen-bond donors (Lipinski definition) is 0. The minimum absolute atomic E-state index is 0. The van der Waals surface area contributed by atoms with Crippen LogP contribution in [-0.4, -0.2) is 20.8 Å². The topological polar surface area (TPSA) is 43.1 Å². The summed E-state index contributed by atoms with van der Waals surface area (Å²) in [7, 11) is 1.25. The second-order valence-corrected chi connectivity index (χ2v) is 9.48. The Labute approximate surface area is 160 Å². The summed E-state index contributed by atoms with van der Waals surface area (Å²) in [5.74, 6) is 0.815. The molecule has 0 bridgehead atoms. The van der Waals surface area contributed by atoms with Gasteiger partial charge in [0.1, 0.15) is 5.84 Å². The first kappa shape index (κ1) is 24.7. The van der Waals surface area contributed by atoms with Gasteiger partial charge in [0, 0.05) is 0 Å². The Kier molecular flexibility index (Phi) is 16.2. The van der Waals surface area contributed by atoms with Gasteiger partial charge in [-0.15, -0.1) is 5.10 Å². The van der Waals surface area contributed by atoms with Crippen molar-refractivity contribution in [1.82, 2.24) is 15.0 Å². The van der Waals surface area contributed by atoms with Crippen LogP contribution >= 0.6 is 28.5 Å². The molecule has 1 aromatic carbocycles. The van der Waals surface area contributed by atoms with Crippen molar-refractivity contribution in [3.63, 3.8) is 0 Å². The number of benzene rings is 1. The molecule has 0 aliphatic carbocycles. The van der Waals surface area contributed by atoms with Crippen LogP contribution < -0.4 is 0 Å². The number of aryl methyl sites for hydroxylation is 2. The second-order valence-electron chi connectivity index (χ2n) is 4.50. The fourth-order valence-electron chi connectivity index (χ4n) is 1.58. The quantitative estimate of drug-likeness (QED) is 0.269. The van der Waals surface area contributed by atoms with Gasteiger partial charge in [0.2, 0.25) is 0 Å². The summed E-state index contributed by atoms with van der Waals surface area (Å²) in [5.41, 5.74) is 3.34. The zero-order chi connectivity index (χ0) is 17.0. The summed E-state index contributed by atoms with van der Waals surface area (Å²) in [4.78, 5) is 4.58. The zero-order valence-corrected chi connectivity index (χ0v) is 17.6. The first-order valence-corrected chi connectivity index (χ1v) is 11.7. The fourth-order valence-corrected chi connectivity index (χ4v) is 1.58. The molecule has 134 valence electrons. The van der Waals surface area contributed by atoms with Crippen molar-refractivity contribution in [3.05, 3.63) is 41.7 Å². The van der Waals surface area contributed by atoms with E-state index in [1.54, 1.807) is 17.1 Å². The summed E-state index contributed by atoms with van der Waals surface area (Å²) >= 11 is 6.00. The van der Waals surface area contributed by atoms with Gasteiger partial charge in [-0.2, -0.15) is 0 Å². The predicted octanol–water partition coefficient (Wildman–Crippen LogP) is 6.23. The molecule has 7 heteroatoms. The van der Waals surface area contributed by atoms with Crippen molar-refractivity contribution < 1.29 is 10.9 Å². The number of para-hydroxylation sites is 1. The zero-order valence-electron chi connectivity index (χ0n) is 13.5. The molecule has 4 nitrogen and oxygen atoms in total. The van der Waals surface area contributed by atoms with Gasteiger partial charge < -0.3 is 0 Å². The summed E-state index contributed by atoms with van der Waals surface area (Å²) in [5, 5.41) is 7.67. The van der Waals surface area contributed by atoms with Crippen LogP contribution in [0.2, 0.25) is 0 Å². The fraction of sp³-hybridized carbons (Fsp3) is 0.438. The Balaban J connectivity index is 0. The number of hydrogen-bond acceptors (Lipinski definition) is 3. The number of aliphatic imine (C=N–C) groups is 1. The Hall–Kier alpha value is -0.516. The van der Waals surface area contributed by atoms with Gasteiger partial charge in [0.15, 0.2) is 0 Å². The standard InChI is InChI=1S/C12H14N4.C3H8.CH4.2BrH.Ni/c1-9-5-4-6-10(2)12(9)14-11(3)16-8-7-13-15-16;1-3-2;;;;/h4-8H,1-3H3;3H2,1-2H3;1H4;2*1H;/q;;;;;+2/p-2. The van der Waals surface area contributed by atoms with E-state index in [-0.39, 0.29) is 7.43 Å². The molecular weight excluding hydrogens is 467 g/mol. The second kappa shape index (κ2) is 15.0. The molecule has 0 aliphatic rings. The van der Waals surface area contributed by atoms with E-state index in [9.17, 15) is 0 Å². The van der Waals surface area contributed by atoms with Gasteiger partial charge in [-0.05, 0) is 31.9 Å². The van der Waals surface area contributed by atoms with E-state index in [0.717, 1.165) is 11.5 Å². The summed E-state index contributed by atoms with van der Waals surface area (Å²) in [6.45, 7) is 10.3. The average Bonchev–Trinajstić information content (AvgIpc) is 2.99. The van der Waals surface area contributed by atoms with Crippen LogP contribution in [0.4, 0.5) is 5.69 Å². The molecule has 0 unspecified atom stereocenters. The molecule has 0 saturated heterocycles. The van der Waals surface area contributed by atoms with Crippen LogP contribution in [0, 0.1) is 13.8 Å². The molecule has 1 aromatic heterocycles. The summed E-state index contributed by atoms with van der Waals surface area (Å²) in [6.07, 6.45) is 4.68. The van der Waals surface area contributed by atoms with Crippen molar-refractivity contribution in [2.75, 3.05) is 0 Å². The molecule has 0 saturated carbocycles. The molecular formula is C16H26Br2N4Ni. The first-order chi connectivity index (χ1) is 10.5. The molecule has 0 amide bonds. The van der Waals surface area contributed by atoms with Crippen LogP contribution in [0.3, 0.4) is 0 Å². The van der Waals surface area contributed by atoms with Crippen LogP contribution in [0.25, 0.3) is 0 Å². The number of rotatable bonds is 1. The van der Waals surface area contributed by atoms with E-state index in [1.165, 1.54) is 28.4 Å². The molecule has 2 rings (SSSR count). The summed E-state index contributed by atoms with van der Waals surface area (Å²) in [6, 6.07) is 6.15. The monoisotopic (exact) mass is 490 g/mol. The van der Waals surface area contributed by atoms with E-state index < -0.39 is 0 Å². The Morgan fingerprint density at radius 3 is 2.09 bits per heavy atom. The van der Waals surface area contributed by atoms with Crippen molar-refractivity contribution in [2.45, 2.75) is 48.5 Å². The number of nitrogens with zero attached hydrogens (tertiary/aromatic N) is 4. The predicted molar refractivity (Wildman–Crippen MR) is 105 cm³/mol. The van der Waals surface area contributed by atoms with Crippen molar-refractivity contribution >= 4 is 40.0 Å². The molecule has 23 heavy (non-hydrogen) atoms. The third kappa shape index (κ3) is 10.1. The van der Waals surface area contributed by atoms with Crippen LogP contribution in [0.15, 0.2) is 35.6 Å². The van der Waals surface area contributed by atoms with E-state index >= 15 is 0 Å². The van der Waals surface area contributed by atoms with Crippen LogP contribution in [0.1, 0.15) is 45.7 Å². The summed E-state index contributed by atoms with van der Waals surface area (Å²) < 4.78 is 1.66. The third-order valence-corrected chi connectivity index (χ3v) is 2.47. The van der Waals surface area contributed by atoms with Crippen molar-refractivity contribution in [1.29, 1.82) is 0 Å². The van der Waals surface area contributed by atoms with Gasteiger partial charge in [0.25, 0.3) is 0 Å². The molecule has 0 atom stereocenters. The van der Waals surface area contributed by atoms with Gasteiger partial charge in [-0.3, -0.25) is 0 Å². The van der Waals surface area contributed by atoms with E-state index in [4.69, 9.17) is 0 Å². The van der Waals surface area contributed by atoms with Crippen molar-refractivity contribution in [3.8, 4) is 0 Å². The number of halogens is 2. The van der Waals surface area contributed by atoms with E-state index in [0.29, 0.717) is 0 Å². The Bertz CT molecular complexity index is 535. The normalized spacial score (nSPS) is 9.96. The van der Waals surface area contributed by atoms with Crippen LogP contribution in [-0.2, 0) is 10.9 Å². The maximum absolute atomic E-state index is 4.58. The van der Waals surface area contributed by atoms with Gasteiger partial charge >= 0.3 is 39.3 Å². The molecule has 1 heterocycles. The SMILES string of the molecule is C.CC(=Nc1c(C)cccc1C)n1ccnn1.CCC.[Br][Ni][Br]. The van der Waals surface area contributed by atoms with Crippen LogP contribution in [0.5, 0.6) is 0 Å². The van der Waals surface area contributed by atoms with E-state index in [1.807, 2.05) is 13.0 Å². The Morgan fingerprint density at radius 1 is 1.22 bits per heavy atom. The minimum atomic E-state index is 0. The van der Waals surface area contributed by atoms with E-state index in [2.05, 4.69) is 83.6 Å². The van der Waals surface area contributed by atoms with Crippen molar-refractivity contribution in [2.24, 2.45) is 4.99 Å². The van der Waals surface area contributed by atoms with Gasteiger partial charge in [-0.1, -0.05) is 51.1 Å². The molecule has 0 radical (unpaired) electrons. The molecule has 0 fully saturated rings. The average molecular weight is 493 g/mol. The molecule has 0 spiro atoms. The molecule has 0 aliphatic heterocycles. The molecule has 0 N–H and O–H groups in total. The van der Waals surface area contributed by atoms with Gasteiger partial charge in [-0.25, -0.2) is 9.67 Å². The number of aromatic nitrogens is 3. The first-order valence-electron chi connectivity index (χ1n) is 6.82. The third-order valence-electron chi connectivity index (χ3n) is 2.47. The van der Waals surface area contributed by atoms with Gasteiger partial charge in [0.05, 0.1) is 18.1 Å². The maximum atomic E-state index is 4.58.